The van der Waals surface area contributed by atoms with E-state index in [9.17, 15) is 24.5 Å². The van der Waals surface area contributed by atoms with E-state index in [1.54, 1.807) is 30.3 Å². The van der Waals surface area contributed by atoms with Gasteiger partial charge in [0.15, 0.2) is 6.33 Å². The van der Waals surface area contributed by atoms with Crippen LogP contribution in [0.25, 0.3) is 0 Å². The largest absolute Gasteiger partial charge is 0.480 e. The van der Waals surface area contributed by atoms with E-state index >= 15 is 0 Å². The van der Waals surface area contributed by atoms with Gasteiger partial charge < -0.3 is 26.3 Å². The molecule has 2 aromatic rings. The van der Waals surface area contributed by atoms with Gasteiger partial charge in [0.25, 0.3) is 5.91 Å². The Bertz CT molecular complexity index is 863. The fourth-order valence-corrected chi connectivity index (χ4v) is 2.39. The van der Waals surface area contributed by atoms with E-state index in [4.69, 9.17) is 10.8 Å². The smallest absolute Gasteiger partial charge is 0.356 e. The standard InChI is InChI=1S/C16H17N5O6/c17-12(22)7-6-11(16(24)25)19-14(23)13-15(21(26)27)20(9-18-13)8-10-4-2-1-3-5-10/h1-5,9,11H,6-8H2,(H2,17,22)(H,19,23)(H,24,25). The molecular weight excluding hydrogens is 358 g/mol. The first-order chi connectivity index (χ1) is 12.8. The van der Waals surface area contributed by atoms with Crippen molar-refractivity contribution in [1.82, 2.24) is 14.9 Å². The third kappa shape index (κ3) is 5.11. The fraction of sp³-hybridized carbons (Fsp3) is 0.250. The van der Waals surface area contributed by atoms with E-state index in [2.05, 4.69) is 10.3 Å². The van der Waals surface area contributed by atoms with E-state index in [-0.39, 0.29) is 19.4 Å². The summed E-state index contributed by atoms with van der Waals surface area (Å²) in [5, 5.41) is 22.7. The summed E-state index contributed by atoms with van der Waals surface area (Å²) >= 11 is 0. The summed E-state index contributed by atoms with van der Waals surface area (Å²) in [4.78, 5) is 48.8. The van der Waals surface area contributed by atoms with Crippen LogP contribution in [0.15, 0.2) is 36.7 Å². The lowest BCUT2D eigenvalue weighted by atomic mass is 10.1. The Kier molecular flexibility index (Phi) is 6.20. The van der Waals surface area contributed by atoms with Crippen LogP contribution in [-0.2, 0) is 16.1 Å². The number of primary amides is 1. The van der Waals surface area contributed by atoms with Crippen molar-refractivity contribution >= 4 is 23.6 Å². The molecule has 11 nitrogen and oxygen atoms in total. The number of hydrogen-bond acceptors (Lipinski definition) is 6. The van der Waals surface area contributed by atoms with Crippen LogP contribution in [0.5, 0.6) is 0 Å². The summed E-state index contributed by atoms with van der Waals surface area (Å²) in [6, 6.07) is 7.41. The lowest BCUT2D eigenvalue weighted by Gasteiger charge is -2.12. The van der Waals surface area contributed by atoms with Gasteiger partial charge in [-0.15, -0.1) is 0 Å². The number of nitrogens with zero attached hydrogens (tertiary/aromatic N) is 3. The molecule has 0 spiro atoms. The monoisotopic (exact) mass is 375 g/mol. The predicted octanol–water partition coefficient (Wildman–Crippen LogP) is 0.288. The van der Waals surface area contributed by atoms with Crippen LogP contribution in [0.1, 0.15) is 28.9 Å². The van der Waals surface area contributed by atoms with Crippen LogP contribution in [0, 0.1) is 10.1 Å². The summed E-state index contributed by atoms with van der Waals surface area (Å²) in [5.74, 6) is -3.70. The highest BCUT2D eigenvalue weighted by atomic mass is 16.6. The van der Waals surface area contributed by atoms with Crippen LogP contribution in [0.3, 0.4) is 0 Å². The molecule has 0 saturated carbocycles. The zero-order chi connectivity index (χ0) is 20.0. The Balaban J connectivity index is 2.23. The number of carbonyl (C=O) groups is 3. The number of carbonyl (C=O) groups excluding carboxylic acids is 2. The zero-order valence-corrected chi connectivity index (χ0v) is 14.1. The maximum atomic E-state index is 12.3. The Morgan fingerprint density at radius 2 is 1.96 bits per heavy atom. The van der Waals surface area contributed by atoms with E-state index in [1.165, 1.54) is 4.57 Å². The highest BCUT2D eigenvalue weighted by Crippen LogP contribution is 2.19. The van der Waals surface area contributed by atoms with Gasteiger partial charge in [-0.05, 0) is 16.9 Å². The molecule has 0 aliphatic carbocycles. The van der Waals surface area contributed by atoms with Crippen molar-refractivity contribution < 1.29 is 24.4 Å². The van der Waals surface area contributed by atoms with Crippen LogP contribution in [0.4, 0.5) is 5.82 Å². The first kappa shape index (κ1) is 19.6. The van der Waals surface area contributed by atoms with Crippen LogP contribution in [-0.4, -0.2) is 43.4 Å². The number of carboxylic acid groups (broad SMARTS) is 1. The second-order valence-electron chi connectivity index (χ2n) is 5.66. The van der Waals surface area contributed by atoms with E-state index < -0.39 is 40.3 Å². The van der Waals surface area contributed by atoms with Gasteiger partial charge in [-0.2, -0.15) is 0 Å². The number of benzene rings is 1. The van der Waals surface area contributed by atoms with Gasteiger partial charge in [0.05, 0.1) is 0 Å². The van der Waals surface area contributed by atoms with Crippen molar-refractivity contribution in [3.63, 3.8) is 0 Å². The van der Waals surface area contributed by atoms with Gasteiger partial charge in [0.1, 0.15) is 12.6 Å². The summed E-state index contributed by atoms with van der Waals surface area (Å²) in [7, 11) is 0. The molecule has 0 bridgehead atoms. The average Bonchev–Trinajstić information content (AvgIpc) is 3.02. The molecule has 142 valence electrons. The summed E-state index contributed by atoms with van der Waals surface area (Å²) in [5.41, 5.74) is 5.22. The van der Waals surface area contributed by atoms with Crippen molar-refractivity contribution in [2.75, 3.05) is 0 Å². The van der Waals surface area contributed by atoms with Crippen LogP contribution >= 0.6 is 0 Å². The Morgan fingerprint density at radius 3 is 2.52 bits per heavy atom. The quantitative estimate of drug-likeness (QED) is 0.417. The second kappa shape index (κ2) is 8.56. The summed E-state index contributed by atoms with van der Waals surface area (Å²) < 4.78 is 1.18. The molecular formula is C16H17N5O6. The number of nitrogens with two attached hydrogens (primary N) is 1. The molecule has 0 fully saturated rings. The molecule has 0 saturated heterocycles. The minimum Gasteiger partial charge on any atom is -0.480 e. The molecule has 0 radical (unpaired) electrons. The van der Waals surface area contributed by atoms with Crippen molar-refractivity contribution in [3.8, 4) is 0 Å². The molecule has 27 heavy (non-hydrogen) atoms. The van der Waals surface area contributed by atoms with Gasteiger partial charge in [-0.1, -0.05) is 30.3 Å². The number of amides is 2. The third-order valence-electron chi connectivity index (χ3n) is 3.68. The number of nitrogens with one attached hydrogen (secondary N) is 1. The molecule has 1 aromatic carbocycles. The number of aromatic nitrogens is 2. The summed E-state index contributed by atoms with van der Waals surface area (Å²) in [6.07, 6.45) is 0.635. The van der Waals surface area contributed by atoms with Crippen LogP contribution < -0.4 is 11.1 Å². The van der Waals surface area contributed by atoms with Gasteiger partial charge in [-0.25, -0.2) is 14.3 Å². The van der Waals surface area contributed by atoms with E-state index in [0.717, 1.165) is 11.9 Å². The maximum absolute atomic E-state index is 12.3. The highest BCUT2D eigenvalue weighted by Gasteiger charge is 2.30. The molecule has 1 atom stereocenters. The fourth-order valence-electron chi connectivity index (χ4n) is 2.39. The number of carboxylic acids is 1. The maximum Gasteiger partial charge on any atom is 0.356 e. The highest BCUT2D eigenvalue weighted by molar-refractivity contribution is 5.97. The molecule has 4 N–H and O–H groups in total. The zero-order valence-electron chi connectivity index (χ0n) is 14.1. The van der Waals surface area contributed by atoms with Gasteiger partial charge in [0.2, 0.25) is 11.6 Å². The number of rotatable bonds is 9. The first-order valence-corrected chi connectivity index (χ1v) is 7.85. The van der Waals surface area contributed by atoms with E-state index in [1.807, 2.05) is 0 Å². The molecule has 2 rings (SSSR count). The molecule has 1 unspecified atom stereocenters. The Morgan fingerprint density at radius 1 is 1.30 bits per heavy atom. The average molecular weight is 375 g/mol. The topological polar surface area (TPSA) is 170 Å². The SMILES string of the molecule is NC(=O)CCC(NC(=O)c1ncn(Cc2ccccc2)c1[N+](=O)[O-])C(=O)O. The molecule has 1 aromatic heterocycles. The Hall–Kier alpha value is -3.76. The lowest BCUT2D eigenvalue weighted by molar-refractivity contribution is -0.392. The van der Waals surface area contributed by atoms with Crippen molar-refractivity contribution in [2.24, 2.45) is 5.73 Å². The molecule has 0 aliphatic rings. The van der Waals surface area contributed by atoms with E-state index in [0.29, 0.717) is 0 Å². The third-order valence-corrected chi connectivity index (χ3v) is 3.68. The summed E-state index contributed by atoms with van der Waals surface area (Å²) in [6.45, 7) is 0.113. The lowest BCUT2D eigenvalue weighted by Crippen LogP contribution is -2.41. The van der Waals surface area contributed by atoms with Crippen LogP contribution in [0.2, 0.25) is 0 Å². The number of hydrogen-bond donors (Lipinski definition) is 3. The normalized spacial score (nSPS) is 11.6. The minimum absolute atomic E-state index is 0.113. The van der Waals surface area contributed by atoms with Crippen molar-refractivity contribution in [3.05, 3.63) is 58.0 Å². The number of imidazole rings is 1. The molecule has 2 amide bonds. The van der Waals surface area contributed by atoms with Gasteiger partial charge in [-0.3, -0.25) is 9.59 Å². The van der Waals surface area contributed by atoms with Gasteiger partial charge >= 0.3 is 11.8 Å². The second-order valence-corrected chi connectivity index (χ2v) is 5.66. The number of aliphatic carboxylic acids is 1. The Labute approximate surface area is 153 Å². The van der Waals surface area contributed by atoms with Crippen molar-refractivity contribution in [2.45, 2.75) is 25.4 Å². The first-order valence-electron chi connectivity index (χ1n) is 7.85. The molecule has 0 aliphatic heterocycles. The predicted molar refractivity (Wildman–Crippen MR) is 91.7 cm³/mol. The molecule has 1 heterocycles. The van der Waals surface area contributed by atoms with Gasteiger partial charge in [0, 0.05) is 6.42 Å². The minimum atomic E-state index is -1.43. The number of nitro groups is 1. The van der Waals surface area contributed by atoms with Crippen molar-refractivity contribution in [1.29, 1.82) is 0 Å². The molecule has 11 heteroatoms.